The maximum atomic E-state index is 10.5. The summed E-state index contributed by atoms with van der Waals surface area (Å²) in [6.45, 7) is 0. The van der Waals surface area contributed by atoms with E-state index in [1.807, 2.05) is 0 Å². The van der Waals surface area contributed by atoms with Gasteiger partial charge in [-0.2, -0.15) is 0 Å². The van der Waals surface area contributed by atoms with E-state index in [-0.39, 0.29) is 16.5 Å². The zero-order chi connectivity index (χ0) is 21.4. The molecule has 0 saturated heterocycles. The predicted molar refractivity (Wildman–Crippen MR) is 112 cm³/mol. The Morgan fingerprint density at radius 3 is 2.27 bits per heavy atom. The largest absolute Gasteiger partial charge is 0.507 e. The molecule has 0 aliphatic carbocycles. The van der Waals surface area contributed by atoms with Crippen molar-refractivity contribution >= 4 is 22.8 Å². The molecule has 0 radical (unpaired) electrons. The van der Waals surface area contributed by atoms with Gasteiger partial charge in [-0.1, -0.05) is 11.6 Å². The van der Waals surface area contributed by atoms with Crippen LogP contribution in [0, 0.1) is 0 Å². The van der Waals surface area contributed by atoms with E-state index < -0.39 is 0 Å². The second-order valence-corrected chi connectivity index (χ2v) is 6.73. The van der Waals surface area contributed by atoms with Crippen LogP contribution < -0.4 is 14.2 Å². The van der Waals surface area contributed by atoms with Gasteiger partial charge in [0.1, 0.15) is 17.0 Å². The van der Waals surface area contributed by atoms with Crippen molar-refractivity contribution in [2.24, 2.45) is 0 Å². The van der Waals surface area contributed by atoms with Gasteiger partial charge >= 0.3 is 0 Å². The van der Waals surface area contributed by atoms with Crippen LogP contribution in [0.4, 0.5) is 0 Å². The average molecular weight is 428 g/mol. The van der Waals surface area contributed by atoms with Crippen LogP contribution >= 0.6 is 11.6 Å². The number of nitrogens with zero attached hydrogens (tertiary/aromatic N) is 3. The highest BCUT2D eigenvalue weighted by atomic mass is 35.5. The first kappa shape index (κ1) is 19.7. The molecule has 2 aromatic carbocycles. The lowest BCUT2D eigenvalue weighted by Gasteiger charge is -2.16. The number of imidazole rings is 1. The summed E-state index contributed by atoms with van der Waals surface area (Å²) in [4.78, 5) is 9.08. The fourth-order valence-electron chi connectivity index (χ4n) is 3.26. The fraction of sp³-hybridized carbons (Fsp3) is 0.143. The quantitative estimate of drug-likeness (QED) is 0.493. The highest BCUT2D eigenvalue weighted by molar-refractivity contribution is 6.32. The van der Waals surface area contributed by atoms with E-state index in [0.29, 0.717) is 45.5 Å². The molecule has 0 aliphatic heterocycles. The van der Waals surface area contributed by atoms with Gasteiger partial charge in [-0.15, -0.1) is 0 Å². The molecule has 0 saturated carbocycles. The van der Waals surface area contributed by atoms with E-state index in [9.17, 15) is 10.2 Å². The minimum Gasteiger partial charge on any atom is -0.507 e. The molecule has 30 heavy (non-hydrogen) atoms. The molecule has 0 spiro atoms. The number of phenolic OH excluding ortho intramolecular Hbond substituents is 2. The molecule has 0 unspecified atom stereocenters. The molecule has 0 aliphatic rings. The van der Waals surface area contributed by atoms with Crippen molar-refractivity contribution in [3.63, 3.8) is 0 Å². The Morgan fingerprint density at radius 1 is 0.933 bits per heavy atom. The minimum absolute atomic E-state index is 0.0826. The molecule has 4 aromatic rings. The second-order valence-electron chi connectivity index (χ2n) is 6.32. The number of aromatic nitrogens is 3. The van der Waals surface area contributed by atoms with Gasteiger partial charge in [0.2, 0.25) is 5.75 Å². The lowest BCUT2D eigenvalue weighted by molar-refractivity contribution is 0.324. The number of halogens is 1. The molecular weight excluding hydrogens is 410 g/mol. The number of benzene rings is 2. The molecule has 8 nitrogen and oxygen atoms in total. The topological polar surface area (TPSA) is 98.9 Å². The lowest BCUT2D eigenvalue weighted by Crippen LogP contribution is -2.02. The molecule has 9 heteroatoms. The van der Waals surface area contributed by atoms with Gasteiger partial charge in [0.15, 0.2) is 23.0 Å². The van der Waals surface area contributed by atoms with Crippen molar-refractivity contribution in [3.8, 4) is 45.8 Å². The highest BCUT2D eigenvalue weighted by Crippen LogP contribution is 2.43. The predicted octanol–water partition coefficient (Wildman–Crippen LogP) is 4.18. The monoisotopic (exact) mass is 427 g/mol. The third-order valence-electron chi connectivity index (χ3n) is 4.63. The first-order valence-electron chi connectivity index (χ1n) is 8.84. The summed E-state index contributed by atoms with van der Waals surface area (Å²) in [7, 11) is 4.58. The molecule has 2 N–H and O–H groups in total. The standard InChI is InChI=1S/C21H18ClN3O5/c1-28-17-7-11(8-18(29-2)19(17)30-3)25-20(24-14-5-4-6-23-21(14)25)12-9-13(22)16(27)10-15(12)26/h4-10,26-27H,1-3H3. The van der Waals surface area contributed by atoms with Gasteiger partial charge in [-0.3, -0.25) is 4.57 Å². The summed E-state index contributed by atoms with van der Waals surface area (Å²) in [5, 5.41) is 20.4. The van der Waals surface area contributed by atoms with Crippen molar-refractivity contribution in [1.82, 2.24) is 14.5 Å². The van der Waals surface area contributed by atoms with Gasteiger partial charge in [0.25, 0.3) is 0 Å². The smallest absolute Gasteiger partial charge is 0.203 e. The maximum absolute atomic E-state index is 10.5. The van der Waals surface area contributed by atoms with E-state index in [2.05, 4.69) is 9.97 Å². The van der Waals surface area contributed by atoms with E-state index in [0.717, 1.165) is 0 Å². The number of methoxy groups -OCH3 is 3. The van der Waals surface area contributed by atoms with Crippen LogP contribution in [-0.4, -0.2) is 46.1 Å². The zero-order valence-corrected chi connectivity index (χ0v) is 17.1. The number of pyridine rings is 1. The van der Waals surface area contributed by atoms with Crippen LogP contribution in [0.25, 0.3) is 28.2 Å². The summed E-state index contributed by atoms with van der Waals surface area (Å²) in [5.74, 6) is 1.30. The number of hydrogen-bond donors (Lipinski definition) is 2. The van der Waals surface area contributed by atoms with Crippen LogP contribution in [0.3, 0.4) is 0 Å². The van der Waals surface area contributed by atoms with Crippen LogP contribution in [0.1, 0.15) is 0 Å². The molecule has 0 fully saturated rings. The lowest BCUT2D eigenvalue weighted by atomic mass is 10.1. The van der Waals surface area contributed by atoms with E-state index >= 15 is 0 Å². The van der Waals surface area contributed by atoms with Gasteiger partial charge < -0.3 is 24.4 Å². The summed E-state index contributed by atoms with van der Waals surface area (Å²) in [5.41, 5.74) is 2.09. The Bertz CT molecular complexity index is 1230. The van der Waals surface area contributed by atoms with E-state index in [1.165, 1.54) is 33.5 Å². The zero-order valence-electron chi connectivity index (χ0n) is 16.4. The number of ether oxygens (including phenoxy) is 3. The molecule has 0 amide bonds. The third kappa shape index (κ3) is 3.11. The first-order chi connectivity index (χ1) is 14.5. The Kier molecular flexibility index (Phi) is 5.01. The van der Waals surface area contributed by atoms with Crippen molar-refractivity contribution < 1.29 is 24.4 Å². The summed E-state index contributed by atoms with van der Waals surface area (Å²) in [6, 6.07) is 9.69. The number of aromatic hydroxyl groups is 2. The van der Waals surface area contributed by atoms with Crippen LogP contribution in [-0.2, 0) is 0 Å². The molecule has 4 rings (SSSR count). The van der Waals surface area contributed by atoms with Gasteiger partial charge in [-0.25, -0.2) is 9.97 Å². The van der Waals surface area contributed by atoms with Crippen molar-refractivity contribution in [2.75, 3.05) is 21.3 Å². The number of phenols is 2. The number of fused-ring (bicyclic) bond motifs is 1. The van der Waals surface area contributed by atoms with Crippen LogP contribution in [0.2, 0.25) is 5.02 Å². The molecule has 2 aromatic heterocycles. The van der Waals surface area contributed by atoms with Crippen molar-refractivity contribution in [2.45, 2.75) is 0 Å². The second kappa shape index (κ2) is 7.64. The van der Waals surface area contributed by atoms with E-state index in [4.69, 9.17) is 25.8 Å². The van der Waals surface area contributed by atoms with Crippen LogP contribution in [0.5, 0.6) is 28.7 Å². The molecular formula is C21H18ClN3O5. The van der Waals surface area contributed by atoms with E-state index in [1.54, 1.807) is 35.0 Å². The Labute approximate surface area is 176 Å². The SMILES string of the molecule is COc1cc(-n2c(-c3cc(Cl)c(O)cc3O)nc3cccnc32)cc(OC)c1OC. The molecule has 154 valence electrons. The van der Waals surface area contributed by atoms with Gasteiger partial charge in [0, 0.05) is 24.4 Å². The molecule has 0 atom stereocenters. The fourth-order valence-corrected chi connectivity index (χ4v) is 3.43. The Hall–Kier alpha value is -3.65. The number of rotatable bonds is 5. The van der Waals surface area contributed by atoms with Crippen LogP contribution in [0.15, 0.2) is 42.6 Å². The van der Waals surface area contributed by atoms with Gasteiger partial charge in [-0.05, 0) is 18.2 Å². The minimum atomic E-state index is -0.230. The average Bonchev–Trinajstić information content (AvgIpc) is 3.14. The normalized spacial score (nSPS) is 10.9. The Balaban J connectivity index is 2.08. The maximum Gasteiger partial charge on any atom is 0.203 e. The summed E-state index contributed by atoms with van der Waals surface area (Å²) >= 11 is 6.10. The van der Waals surface area contributed by atoms with Gasteiger partial charge in [0.05, 0.1) is 37.6 Å². The molecule has 2 heterocycles. The first-order valence-corrected chi connectivity index (χ1v) is 9.22. The Morgan fingerprint density at radius 2 is 1.63 bits per heavy atom. The third-order valence-corrected chi connectivity index (χ3v) is 4.93. The van der Waals surface area contributed by atoms with Crippen molar-refractivity contribution in [1.29, 1.82) is 0 Å². The summed E-state index contributed by atoms with van der Waals surface area (Å²) in [6.07, 6.45) is 1.64. The van der Waals surface area contributed by atoms with Crippen molar-refractivity contribution in [3.05, 3.63) is 47.6 Å². The highest BCUT2D eigenvalue weighted by Gasteiger charge is 2.22. The number of hydrogen-bond acceptors (Lipinski definition) is 7. The summed E-state index contributed by atoms with van der Waals surface area (Å²) < 4.78 is 18.1. The molecule has 0 bridgehead atoms.